The average Bonchev–Trinajstić information content (AvgIpc) is 2.89. The molecule has 0 aliphatic carbocycles. The van der Waals surface area contributed by atoms with Crippen molar-refractivity contribution in [1.29, 1.82) is 5.26 Å². The minimum Gasteiger partial charge on any atom is -0.492 e. The smallest absolute Gasteiger partial charge is 0.120 e. The maximum atomic E-state index is 8.82. The minimum absolute atomic E-state index is 0.318. The van der Waals surface area contributed by atoms with E-state index in [9.17, 15) is 0 Å². The monoisotopic (exact) mass is 284 g/mol. The first-order chi connectivity index (χ1) is 10.2. The lowest BCUT2D eigenvalue weighted by atomic mass is 10.2. The van der Waals surface area contributed by atoms with Gasteiger partial charge in [0.2, 0.25) is 0 Å². The third-order valence-electron chi connectivity index (χ3n) is 3.05. The highest BCUT2D eigenvalue weighted by atomic mass is 16.5. The number of hydrogen-bond donors (Lipinski definition) is 1. The summed E-state index contributed by atoms with van der Waals surface area (Å²) in [5.41, 5.74) is 1.78. The van der Waals surface area contributed by atoms with Crippen LogP contribution in [0.2, 0.25) is 0 Å². The number of nitrogens with one attached hydrogen (secondary N) is 1. The first-order valence-electron chi connectivity index (χ1n) is 7.03. The molecular weight excluding hydrogens is 264 g/mol. The summed E-state index contributed by atoms with van der Waals surface area (Å²) in [4.78, 5) is 0. The van der Waals surface area contributed by atoms with Crippen LogP contribution in [0.15, 0.2) is 36.7 Å². The molecule has 0 fully saturated rings. The van der Waals surface area contributed by atoms with Gasteiger partial charge in [-0.15, -0.1) is 0 Å². The fraction of sp³-hybridized carbons (Fsp3) is 0.375. The highest BCUT2D eigenvalue weighted by Gasteiger charge is 2.03. The van der Waals surface area contributed by atoms with Gasteiger partial charge in [-0.05, 0) is 37.6 Å². The molecule has 0 saturated heterocycles. The molecule has 1 N–H and O–H groups in total. The van der Waals surface area contributed by atoms with Gasteiger partial charge in [-0.3, -0.25) is 4.68 Å². The Hall–Kier alpha value is -2.32. The van der Waals surface area contributed by atoms with Gasteiger partial charge in [0.1, 0.15) is 12.4 Å². The summed E-state index contributed by atoms with van der Waals surface area (Å²) < 4.78 is 7.55. The van der Waals surface area contributed by atoms with Crippen molar-refractivity contribution in [1.82, 2.24) is 15.1 Å². The first-order valence-corrected chi connectivity index (χ1v) is 7.03. The van der Waals surface area contributed by atoms with Crippen molar-refractivity contribution >= 4 is 0 Å². The Morgan fingerprint density at radius 3 is 3.05 bits per heavy atom. The fourth-order valence-electron chi connectivity index (χ4n) is 2.04. The van der Waals surface area contributed by atoms with Crippen LogP contribution in [0.1, 0.15) is 18.1 Å². The third-order valence-corrected chi connectivity index (χ3v) is 3.05. The van der Waals surface area contributed by atoms with E-state index in [-0.39, 0.29) is 0 Å². The van der Waals surface area contributed by atoms with Gasteiger partial charge < -0.3 is 10.1 Å². The normalized spacial score (nSPS) is 11.9. The number of benzene rings is 1. The van der Waals surface area contributed by atoms with Crippen LogP contribution in [-0.4, -0.2) is 29.0 Å². The lowest BCUT2D eigenvalue weighted by molar-refractivity contribution is 0.301. The van der Waals surface area contributed by atoms with Gasteiger partial charge in [0.05, 0.1) is 24.4 Å². The molecule has 1 aromatic heterocycles. The van der Waals surface area contributed by atoms with E-state index in [0.29, 0.717) is 18.2 Å². The second-order valence-corrected chi connectivity index (χ2v) is 5.08. The molecule has 0 aliphatic rings. The maximum Gasteiger partial charge on any atom is 0.120 e. The third kappa shape index (κ3) is 4.93. The summed E-state index contributed by atoms with van der Waals surface area (Å²) in [5.74, 6) is 0.728. The number of nitrogens with zero attached hydrogens (tertiary/aromatic N) is 3. The maximum absolute atomic E-state index is 8.82. The molecule has 0 aliphatic heterocycles. The minimum atomic E-state index is 0.318. The summed E-state index contributed by atoms with van der Waals surface area (Å²) in [6.07, 6.45) is 3.89. The van der Waals surface area contributed by atoms with Crippen LogP contribution in [0.25, 0.3) is 0 Å². The lowest BCUT2D eigenvalue weighted by Gasteiger charge is -2.14. The van der Waals surface area contributed by atoms with Gasteiger partial charge in [-0.1, -0.05) is 6.07 Å². The predicted octanol–water partition coefficient (Wildman–Crippen LogP) is 2.12. The number of aromatic nitrogens is 2. The van der Waals surface area contributed by atoms with Crippen LogP contribution in [0, 0.1) is 18.3 Å². The number of rotatable bonds is 7. The van der Waals surface area contributed by atoms with Crippen LogP contribution in [0.5, 0.6) is 5.75 Å². The number of aryl methyl sites for hydroxylation is 1. The summed E-state index contributed by atoms with van der Waals surface area (Å²) in [6, 6.07) is 9.61. The zero-order chi connectivity index (χ0) is 15.1. The number of hydrogen-bond acceptors (Lipinski definition) is 4. The molecule has 5 heteroatoms. The second kappa shape index (κ2) is 7.46. The topological polar surface area (TPSA) is 62.9 Å². The molecule has 1 atom stereocenters. The van der Waals surface area contributed by atoms with Gasteiger partial charge >= 0.3 is 0 Å². The molecule has 0 saturated carbocycles. The number of ether oxygens (including phenoxy) is 1. The Labute approximate surface area is 125 Å². The van der Waals surface area contributed by atoms with Crippen molar-refractivity contribution in [3.63, 3.8) is 0 Å². The summed E-state index contributed by atoms with van der Waals surface area (Å²) in [6.45, 7) is 6.30. The Bertz CT molecular complexity index is 615. The van der Waals surface area contributed by atoms with Crippen molar-refractivity contribution in [3.8, 4) is 11.8 Å². The average molecular weight is 284 g/mol. The van der Waals surface area contributed by atoms with E-state index >= 15 is 0 Å². The molecule has 2 aromatic rings. The molecule has 1 heterocycles. The molecule has 110 valence electrons. The van der Waals surface area contributed by atoms with E-state index in [0.717, 1.165) is 18.8 Å². The molecule has 2 rings (SSSR count). The van der Waals surface area contributed by atoms with E-state index in [1.54, 1.807) is 12.1 Å². The first kappa shape index (κ1) is 15.1. The van der Waals surface area contributed by atoms with Crippen molar-refractivity contribution in [3.05, 3.63) is 47.8 Å². The Morgan fingerprint density at radius 2 is 2.33 bits per heavy atom. The summed E-state index contributed by atoms with van der Waals surface area (Å²) >= 11 is 0. The van der Waals surface area contributed by atoms with Crippen molar-refractivity contribution < 1.29 is 4.74 Å². The van der Waals surface area contributed by atoms with Gasteiger partial charge in [0.25, 0.3) is 0 Å². The van der Waals surface area contributed by atoms with Gasteiger partial charge in [0.15, 0.2) is 0 Å². The van der Waals surface area contributed by atoms with Crippen molar-refractivity contribution in [2.75, 3.05) is 13.2 Å². The molecular formula is C16H20N4O. The summed E-state index contributed by atoms with van der Waals surface area (Å²) in [5, 5.41) is 16.5. The van der Waals surface area contributed by atoms with Crippen molar-refractivity contribution in [2.24, 2.45) is 0 Å². The quantitative estimate of drug-likeness (QED) is 0.791. The summed E-state index contributed by atoms with van der Waals surface area (Å²) in [7, 11) is 0. The van der Waals surface area contributed by atoms with E-state index in [1.165, 1.54) is 5.56 Å². The van der Waals surface area contributed by atoms with Crippen LogP contribution in [-0.2, 0) is 6.54 Å². The Kier molecular flexibility index (Phi) is 5.35. The fourth-order valence-corrected chi connectivity index (χ4v) is 2.04. The van der Waals surface area contributed by atoms with E-state index in [1.807, 2.05) is 36.1 Å². The zero-order valence-electron chi connectivity index (χ0n) is 12.4. The van der Waals surface area contributed by atoms with Gasteiger partial charge in [-0.25, -0.2) is 0 Å². The SMILES string of the molecule is Cc1cnn(C[C@@H](C)NCCOc2cccc(C#N)c2)c1. The second-order valence-electron chi connectivity index (χ2n) is 5.08. The van der Waals surface area contributed by atoms with Crippen LogP contribution >= 0.6 is 0 Å². The Morgan fingerprint density at radius 1 is 1.48 bits per heavy atom. The van der Waals surface area contributed by atoms with E-state index in [2.05, 4.69) is 23.4 Å². The van der Waals surface area contributed by atoms with Crippen LogP contribution < -0.4 is 10.1 Å². The molecule has 0 radical (unpaired) electrons. The highest BCUT2D eigenvalue weighted by Crippen LogP contribution is 2.11. The highest BCUT2D eigenvalue weighted by molar-refractivity contribution is 5.36. The largest absolute Gasteiger partial charge is 0.492 e. The van der Waals surface area contributed by atoms with E-state index in [4.69, 9.17) is 10.00 Å². The molecule has 21 heavy (non-hydrogen) atoms. The van der Waals surface area contributed by atoms with Crippen molar-refractivity contribution in [2.45, 2.75) is 26.4 Å². The van der Waals surface area contributed by atoms with Crippen LogP contribution in [0.4, 0.5) is 0 Å². The molecule has 0 amide bonds. The molecule has 0 unspecified atom stereocenters. The van der Waals surface area contributed by atoms with Crippen LogP contribution in [0.3, 0.4) is 0 Å². The Balaban J connectivity index is 1.68. The molecule has 0 bridgehead atoms. The van der Waals surface area contributed by atoms with Gasteiger partial charge in [-0.2, -0.15) is 10.4 Å². The lowest BCUT2D eigenvalue weighted by Crippen LogP contribution is -2.33. The van der Waals surface area contributed by atoms with E-state index < -0.39 is 0 Å². The standard InChI is InChI=1S/C16H20N4O/c1-13-10-19-20(11-13)12-14(2)18-6-7-21-16-5-3-4-15(8-16)9-17/h3-5,8,10-11,14,18H,6-7,12H2,1-2H3/t14-/m1/s1. The van der Waals surface area contributed by atoms with Gasteiger partial charge in [0, 0.05) is 18.8 Å². The zero-order valence-corrected chi connectivity index (χ0v) is 12.4. The predicted molar refractivity (Wildman–Crippen MR) is 81.1 cm³/mol. The molecule has 5 nitrogen and oxygen atoms in total. The number of nitriles is 1. The molecule has 1 aromatic carbocycles. The molecule has 0 spiro atoms.